The smallest absolute Gasteiger partial charge is 0.247 e. The lowest BCUT2D eigenvalue weighted by Crippen LogP contribution is -2.36. The molecule has 4 nitrogen and oxygen atoms in total. The van der Waals surface area contributed by atoms with Crippen molar-refractivity contribution < 1.29 is 14.3 Å². The van der Waals surface area contributed by atoms with Gasteiger partial charge in [-0.25, -0.2) is 0 Å². The van der Waals surface area contributed by atoms with E-state index >= 15 is 0 Å². The van der Waals surface area contributed by atoms with Crippen LogP contribution in [0.25, 0.3) is 6.08 Å². The zero-order chi connectivity index (χ0) is 11.4. The van der Waals surface area contributed by atoms with Crippen molar-refractivity contribution in [3.8, 4) is 0 Å². The molecule has 0 bridgehead atoms. The number of nitrogens with zero attached hydrogens (tertiary/aromatic N) is 1. The molecule has 0 aromatic carbocycles. The maximum Gasteiger partial charge on any atom is 0.247 e. The van der Waals surface area contributed by atoms with Crippen LogP contribution in [0.1, 0.15) is 18.6 Å². The van der Waals surface area contributed by atoms with Crippen LogP contribution in [-0.2, 0) is 4.79 Å². The second-order valence-corrected chi connectivity index (χ2v) is 3.86. The van der Waals surface area contributed by atoms with Crippen LogP contribution in [-0.4, -0.2) is 35.1 Å². The Hall–Kier alpha value is -1.55. The Labute approximate surface area is 94.2 Å². The van der Waals surface area contributed by atoms with Gasteiger partial charge in [-0.15, -0.1) is 0 Å². The third kappa shape index (κ3) is 2.33. The van der Waals surface area contributed by atoms with Crippen LogP contribution in [0, 0.1) is 0 Å². The normalized spacial score (nSPS) is 20.8. The minimum Gasteiger partial charge on any atom is -0.465 e. The third-order valence-corrected chi connectivity index (χ3v) is 2.80. The predicted molar refractivity (Wildman–Crippen MR) is 59.6 cm³/mol. The van der Waals surface area contributed by atoms with Crippen LogP contribution < -0.4 is 0 Å². The summed E-state index contributed by atoms with van der Waals surface area (Å²) in [6, 6.07) is 3.54. The number of aliphatic hydroxyl groups is 1. The molecule has 0 radical (unpaired) electrons. The molecule has 1 atom stereocenters. The fraction of sp³-hybridized carbons (Fsp3) is 0.417. The van der Waals surface area contributed by atoms with E-state index in [1.165, 1.54) is 6.08 Å². The second kappa shape index (κ2) is 4.99. The van der Waals surface area contributed by atoms with Crippen molar-refractivity contribution in [2.45, 2.75) is 18.9 Å². The molecule has 1 unspecified atom stereocenters. The van der Waals surface area contributed by atoms with E-state index in [1.807, 2.05) is 0 Å². The lowest BCUT2D eigenvalue weighted by atomic mass is 10.2. The molecule has 2 heterocycles. The number of furan rings is 1. The van der Waals surface area contributed by atoms with Crippen LogP contribution in [0.15, 0.2) is 28.9 Å². The minimum atomic E-state index is -0.0621. The Bertz CT molecular complexity index is 370. The van der Waals surface area contributed by atoms with Gasteiger partial charge < -0.3 is 14.4 Å². The van der Waals surface area contributed by atoms with E-state index in [4.69, 9.17) is 9.52 Å². The van der Waals surface area contributed by atoms with Crippen molar-refractivity contribution in [2.24, 2.45) is 0 Å². The Balaban J connectivity index is 1.97. The topological polar surface area (TPSA) is 53.7 Å². The molecule has 1 amide bonds. The molecule has 2 rings (SSSR count). The van der Waals surface area contributed by atoms with E-state index in [9.17, 15) is 4.79 Å². The number of carbonyl (C=O) groups is 1. The fourth-order valence-corrected chi connectivity index (χ4v) is 1.95. The predicted octanol–water partition coefficient (Wildman–Crippen LogP) is 1.28. The van der Waals surface area contributed by atoms with E-state index in [-0.39, 0.29) is 18.6 Å². The van der Waals surface area contributed by atoms with Gasteiger partial charge in [0.2, 0.25) is 5.91 Å². The highest BCUT2D eigenvalue weighted by molar-refractivity contribution is 5.91. The molecule has 1 fully saturated rings. The maximum absolute atomic E-state index is 11.8. The average Bonchev–Trinajstić information content (AvgIpc) is 2.96. The quantitative estimate of drug-likeness (QED) is 0.782. The van der Waals surface area contributed by atoms with Crippen LogP contribution in [0.4, 0.5) is 0 Å². The molecule has 1 N–H and O–H groups in total. The van der Waals surface area contributed by atoms with Crippen LogP contribution in [0.3, 0.4) is 0 Å². The minimum absolute atomic E-state index is 0.0197. The highest BCUT2D eigenvalue weighted by atomic mass is 16.3. The molecule has 86 valence electrons. The summed E-state index contributed by atoms with van der Waals surface area (Å²) < 4.78 is 5.09. The van der Waals surface area contributed by atoms with E-state index in [2.05, 4.69) is 0 Å². The summed E-state index contributed by atoms with van der Waals surface area (Å²) in [5.41, 5.74) is 0. The van der Waals surface area contributed by atoms with Gasteiger partial charge in [0, 0.05) is 12.6 Å². The van der Waals surface area contributed by atoms with E-state index in [0.29, 0.717) is 5.76 Å². The monoisotopic (exact) mass is 221 g/mol. The van der Waals surface area contributed by atoms with Gasteiger partial charge in [-0.05, 0) is 31.1 Å². The Morgan fingerprint density at radius 1 is 1.69 bits per heavy atom. The highest BCUT2D eigenvalue weighted by Crippen LogP contribution is 2.17. The highest BCUT2D eigenvalue weighted by Gasteiger charge is 2.26. The van der Waals surface area contributed by atoms with Gasteiger partial charge >= 0.3 is 0 Å². The largest absolute Gasteiger partial charge is 0.465 e. The van der Waals surface area contributed by atoms with Crippen LogP contribution in [0.2, 0.25) is 0 Å². The lowest BCUT2D eigenvalue weighted by molar-refractivity contribution is -0.127. The van der Waals surface area contributed by atoms with E-state index in [1.54, 1.807) is 29.4 Å². The average molecular weight is 221 g/mol. The molecule has 1 aromatic heterocycles. The van der Waals surface area contributed by atoms with E-state index in [0.717, 1.165) is 19.4 Å². The van der Waals surface area contributed by atoms with Crippen LogP contribution in [0.5, 0.6) is 0 Å². The number of aliphatic hydroxyl groups excluding tert-OH is 1. The summed E-state index contributed by atoms with van der Waals surface area (Å²) >= 11 is 0. The van der Waals surface area contributed by atoms with Crippen molar-refractivity contribution in [1.29, 1.82) is 0 Å². The Morgan fingerprint density at radius 3 is 3.25 bits per heavy atom. The van der Waals surface area contributed by atoms with Gasteiger partial charge in [-0.2, -0.15) is 0 Å². The number of hydrogen-bond acceptors (Lipinski definition) is 3. The first-order valence-electron chi connectivity index (χ1n) is 5.44. The summed E-state index contributed by atoms with van der Waals surface area (Å²) in [5.74, 6) is 0.598. The summed E-state index contributed by atoms with van der Waals surface area (Å²) in [7, 11) is 0. The molecule has 0 saturated carbocycles. The molecular formula is C12H15NO3. The molecule has 16 heavy (non-hydrogen) atoms. The molecule has 0 aliphatic carbocycles. The van der Waals surface area contributed by atoms with Gasteiger partial charge in [0.25, 0.3) is 0 Å². The van der Waals surface area contributed by atoms with Crippen molar-refractivity contribution in [1.82, 2.24) is 4.90 Å². The Morgan fingerprint density at radius 2 is 2.56 bits per heavy atom. The molecule has 1 aliphatic rings. The maximum atomic E-state index is 11.8. The fourth-order valence-electron chi connectivity index (χ4n) is 1.95. The lowest BCUT2D eigenvalue weighted by Gasteiger charge is -2.21. The SMILES string of the molecule is O=C(C=Cc1ccco1)N1CCCC1CO. The molecule has 1 aliphatic heterocycles. The molecule has 4 heteroatoms. The van der Waals surface area contributed by atoms with E-state index < -0.39 is 0 Å². The summed E-state index contributed by atoms with van der Waals surface area (Å²) in [6.45, 7) is 0.771. The molecule has 1 aromatic rings. The second-order valence-electron chi connectivity index (χ2n) is 3.86. The third-order valence-electron chi connectivity index (χ3n) is 2.80. The number of carbonyl (C=O) groups excluding carboxylic acids is 1. The first-order valence-corrected chi connectivity index (χ1v) is 5.44. The van der Waals surface area contributed by atoms with Gasteiger partial charge in [0.05, 0.1) is 18.9 Å². The van der Waals surface area contributed by atoms with Crippen LogP contribution >= 0.6 is 0 Å². The number of hydrogen-bond donors (Lipinski definition) is 1. The van der Waals surface area contributed by atoms with Gasteiger partial charge in [0.15, 0.2) is 0 Å². The van der Waals surface area contributed by atoms with Gasteiger partial charge in [-0.1, -0.05) is 0 Å². The standard InChI is InChI=1S/C12H15NO3/c14-9-10-3-1-7-13(10)12(15)6-5-11-4-2-8-16-11/h2,4-6,8,10,14H,1,3,7,9H2. The zero-order valence-electron chi connectivity index (χ0n) is 9.00. The summed E-state index contributed by atoms with van der Waals surface area (Å²) in [6.07, 6.45) is 6.56. The van der Waals surface area contributed by atoms with Crippen molar-refractivity contribution in [3.63, 3.8) is 0 Å². The molecule has 1 saturated heterocycles. The number of likely N-dealkylation sites (tertiary alicyclic amines) is 1. The van der Waals surface area contributed by atoms with Crippen molar-refractivity contribution in [3.05, 3.63) is 30.2 Å². The Kier molecular flexibility index (Phi) is 3.41. The summed E-state index contributed by atoms with van der Waals surface area (Å²) in [4.78, 5) is 13.5. The van der Waals surface area contributed by atoms with Gasteiger partial charge in [0.1, 0.15) is 5.76 Å². The zero-order valence-corrected chi connectivity index (χ0v) is 9.00. The number of rotatable bonds is 3. The first kappa shape index (κ1) is 11.0. The number of amides is 1. The molecular weight excluding hydrogens is 206 g/mol. The van der Waals surface area contributed by atoms with Crippen molar-refractivity contribution in [2.75, 3.05) is 13.2 Å². The van der Waals surface area contributed by atoms with Crippen molar-refractivity contribution >= 4 is 12.0 Å². The first-order chi connectivity index (χ1) is 7.81. The molecule has 0 spiro atoms. The van der Waals surface area contributed by atoms with Gasteiger partial charge in [-0.3, -0.25) is 4.79 Å². The summed E-state index contributed by atoms with van der Waals surface area (Å²) in [5, 5.41) is 9.10.